The number of anilines is 3. The maximum atomic E-state index is 13.3. The topological polar surface area (TPSA) is 68.8 Å². The third-order valence-electron chi connectivity index (χ3n) is 1.92. The molecule has 2 heterocycles. The number of pyridine rings is 1. The van der Waals surface area contributed by atoms with Crippen LogP contribution in [0.4, 0.5) is 26.1 Å². The van der Waals surface area contributed by atoms with E-state index in [2.05, 4.69) is 15.4 Å². The van der Waals surface area contributed by atoms with Crippen molar-refractivity contribution in [2.45, 2.75) is 0 Å². The minimum Gasteiger partial charge on any atom is -0.381 e. The van der Waals surface area contributed by atoms with Crippen LogP contribution in [0.5, 0.6) is 0 Å². The van der Waals surface area contributed by atoms with Crippen molar-refractivity contribution in [1.82, 2.24) is 14.8 Å². The van der Waals surface area contributed by atoms with E-state index in [0.29, 0.717) is 11.8 Å². The lowest BCUT2D eigenvalue weighted by atomic mass is 10.4. The zero-order valence-electron chi connectivity index (χ0n) is 8.41. The summed E-state index contributed by atoms with van der Waals surface area (Å²) < 4.78 is 27.6. The average molecular weight is 225 g/mol. The molecule has 0 spiro atoms. The van der Waals surface area contributed by atoms with Crippen LogP contribution in [0.15, 0.2) is 18.5 Å². The molecule has 0 saturated carbocycles. The molecule has 16 heavy (non-hydrogen) atoms. The van der Waals surface area contributed by atoms with Crippen LogP contribution in [0.3, 0.4) is 0 Å². The fourth-order valence-corrected chi connectivity index (χ4v) is 1.19. The van der Waals surface area contributed by atoms with E-state index in [1.165, 1.54) is 10.9 Å². The first-order chi connectivity index (χ1) is 7.56. The number of nitrogens with one attached hydrogen (secondary N) is 1. The fraction of sp³-hybridized carbons (Fsp3) is 0.111. The number of aromatic nitrogens is 3. The summed E-state index contributed by atoms with van der Waals surface area (Å²) in [5.41, 5.74) is 5.78. The lowest BCUT2D eigenvalue weighted by molar-refractivity contribution is 0.581. The van der Waals surface area contributed by atoms with Crippen molar-refractivity contribution < 1.29 is 8.78 Å². The van der Waals surface area contributed by atoms with Gasteiger partial charge in [-0.05, 0) is 0 Å². The van der Waals surface area contributed by atoms with Crippen LogP contribution in [0.1, 0.15) is 0 Å². The molecule has 0 fully saturated rings. The highest BCUT2D eigenvalue weighted by molar-refractivity contribution is 5.56. The Balaban J connectivity index is 2.31. The zero-order valence-corrected chi connectivity index (χ0v) is 8.41. The first-order valence-electron chi connectivity index (χ1n) is 4.43. The number of halogens is 2. The Morgan fingerprint density at radius 3 is 2.75 bits per heavy atom. The first-order valence-corrected chi connectivity index (χ1v) is 4.43. The molecule has 2 aromatic heterocycles. The molecule has 2 aromatic rings. The van der Waals surface area contributed by atoms with Gasteiger partial charge in [0.2, 0.25) is 0 Å². The van der Waals surface area contributed by atoms with Crippen molar-refractivity contribution >= 4 is 17.3 Å². The smallest absolute Gasteiger partial charge is 0.169 e. The van der Waals surface area contributed by atoms with Gasteiger partial charge in [-0.2, -0.15) is 5.10 Å². The van der Waals surface area contributed by atoms with E-state index in [-0.39, 0.29) is 11.6 Å². The summed E-state index contributed by atoms with van der Waals surface area (Å²) in [5.74, 6) is -2.18. The highest BCUT2D eigenvalue weighted by Gasteiger charge is 2.10. The van der Waals surface area contributed by atoms with Crippen LogP contribution >= 0.6 is 0 Å². The van der Waals surface area contributed by atoms with Gasteiger partial charge in [-0.1, -0.05) is 0 Å². The van der Waals surface area contributed by atoms with Crippen LogP contribution in [0.25, 0.3) is 0 Å². The maximum absolute atomic E-state index is 13.3. The number of rotatable bonds is 2. The second-order valence-electron chi connectivity index (χ2n) is 3.21. The van der Waals surface area contributed by atoms with E-state index in [1.54, 1.807) is 13.2 Å². The van der Waals surface area contributed by atoms with E-state index >= 15 is 0 Å². The van der Waals surface area contributed by atoms with Gasteiger partial charge in [-0.15, -0.1) is 0 Å². The van der Waals surface area contributed by atoms with Crippen molar-refractivity contribution in [2.75, 3.05) is 11.1 Å². The van der Waals surface area contributed by atoms with Crippen molar-refractivity contribution in [3.63, 3.8) is 0 Å². The fourth-order valence-electron chi connectivity index (χ4n) is 1.19. The van der Waals surface area contributed by atoms with Crippen LogP contribution in [0, 0.1) is 11.6 Å². The zero-order chi connectivity index (χ0) is 11.7. The maximum Gasteiger partial charge on any atom is 0.169 e. The normalized spacial score (nSPS) is 10.4. The lowest BCUT2D eigenvalue weighted by Crippen LogP contribution is -2.02. The molecule has 0 amide bonds. The molecule has 0 aromatic carbocycles. The minimum atomic E-state index is -0.880. The summed E-state index contributed by atoms with van der Waals surface area (Å²) in [7, 11) is 1.72. The highest BCUT2D eigenvalue weighted by atomic mass is 19.1. The van der Waals surface area contributed by atoms with Gasteiger partial charge in [-0.3, -0.25) is 4.68 Å². The van der Waals surface area contributed by atoms with Gasteiger partial charge in [0.05, 0.1) is 11.9 Å². The average Bonchev–Trinajstić information content (AvgIpc) is 2.60. The molecule has 0 aliphatic heterocycles. The van der Waals surface area contributed by atoms with E-state index in [0.717, 1.165) is 0 Å². The molecule has 0 aliphatic rings. The molecular weight excluding hydrogens is 216 g/mol. The Morgan fingerprint density at radius 1 is 1.38 bits per heavy atom. The largest absolute Gasteiger partial charge is 0.381 e. The summed E-state index contributed by atoms with van der Waals surface area (Å²) in [4.78, 5) is 3.56. The van der Waals surface area contributed by atoms with Crippen LogP contribution < -0.4 is 11.1 Å². The molecule has 2 rings (SSSR count). The number of hydrogen-bond donors (Lipinski definition) is 2. The number of hydrogen-bond acceptors (Lipinski definition) is 4. The van der Waals surface area contributed by atoms with Gasteiger partial charge in [0, 0.05) is 19.3 Å². The predicted molar refractivity (Wildman–Crippen MR) is 55.1 cm³/mol. The third kappa shape index (κ3) is 1.92. The van der Waals surface area contributed by atoms with Gasteiger partial charge in [0.25, 0.3) is 0 Å². The molecule has 0 aliphatic carbocycles. The minimum absolute atomic E-state index is 0.132. The monoisotopic (exact) mass is 225 g/mol. The van der Waals surface area contributed by atoms with Crippen LogP contribution in [-0.4, -0.2) is 14.8 Å². The van der Waals surface area contributed by atoms with Gasteiger partial charge in [0.15, 0.2) is 23.3 Å². The molecule has 84 valence electrons. The van der Waals surface area contributed by atoms with Crippen molar-refractivity contribution in [3.05, 3.63) is 30.1 Å². The van der Waals surface area contributed by atoms with E-state index in [9.17, 15) is 8.78 Å². The van der Waals surface area contributed by atoms with Crippen molar-refractivity contribution in [2.24, 2.45) is 7.05 Å². The molecule has 0 bridgehead atoms. The standard InChI is InChI=1S/C9H9F2N5/c1-16-4-5(3-13-16)14-9-7(11)2-6(10)8(12)15-9/h2-4H,1H3,(H3,12,14,15). The number of nitrogens with two attached hydrogens (primary N) is 1. The Kier molecular flexibility index (Phi) is 2.43. The van der Waals surface area contributed by atoms with Gasteiger partial charge in [0.1, 0.15) is 0 Å². The number of nitrogen functional groups attached to an aromatic ring is 1. The predicted octanol–water partition coefficient (Wildman–Crippen LogP) is 1.42. The Morgan fingerprint density at radius 2 is 2.12 bits per heavy atom. The van der Waals surface area contributed by atoms with Crippen LogP contribution in [0.2, 0.25) is 0 Å². The number of aryl methyl sites for hydroxylation is 1. The van der Waals surface area contributed by atoms with Gasteiger partial charge >= 0.3 is 0 Å². The summed E-state index contributed by atoms with van der Waals surface area (Å²) in [6, 6.07) is 0.682. The Bertz CT molecular complexity index is 523. The second kappa shape index (κ2) is 3.76. The molecular formula is C9H9F2N5. The van der Waals surface area contributed by atoms with E-state index < -0.39 is 11.6 Å². The van der Waals surface area contributed by atoms with Crippen molar-refractivity contribution in [1.29, 1.82) is 0 Å². The molecule has 5 nitrogen and oxygen atoms in total. The number of nitrogens with zero attached hydrogens (tertiary/aromatic N) is 3. The van der Waals surface area contributed by atoms with Crippen molar-refractivity contribution in [3.8, 4) is 0 Å². The quantitative estimate of drug-likeness (QED) is 0.811. The summed E-state index contributed by atoms with van der Waals surface area (Å²) in [5, 5.41) is 6.53. The third-order valence-corrected chi connectivity index (χ3v) is 1.92. The summed E-state index contributed by atoms with van der Waals surface area (Å²) >= 11 is 0. The van der Waals surface area contributed by atoms with E-state index in [1.807, 2.05) is 0 Å². The van der Waals surface area contributed by atoms with E-state index in [4.69, 9.17) is 5.73 Å². The SMILES string of the molecule is Cn1cc(Nc2nc(N)c(F)cc2F)cn1. The Labute approximate surface area is 89.9 Å². The molecule has 3 N–H and O–H groups in total. The lowest BCUT2D eigenvalue weighted by Gasteiger charge is -2.05. The van der Waals surface area contributed by atoms with Crippen LogP contribution in [-0.2, 0) is 7.05 Å². The van der Waals surface area contributed by atoms with Gasteiger partial charge in [-0.25, -0.2) is 13.8 Å². The summed E-state index contributed by atoms with van der Waals surface area (Å²) in [6.45, 7) is 0. The molecule has 7 heteroatoms. The highest BCUT2D eigenvalue weighted by Crippen LogP contribution is 2.20. The molecule has 0 radical (unpaired) electrons. The summed E-state index contributed by atoms with van der Waals surface area (Å²) in [6.07, 6.45) is 3.11. The molecule has 0 unspecified atom stereocenters. The molecule has 0 atom stereocenters. The molecule has 0 saturated heterocycles. The first kappa shape index (κ1) is 10.3. The Hall–Kier alpha value is -2.18. The second-order valence-corrected chi connectivity index (χ2v) is 3.21. The van der Waals surface area contributed by atoms with Gasteiger partial charge < -0.3 is 11.1 Å².